The third-order valence-electron chi connectivity index (χ3n) is 3.23. The molecule has 2 aromatic heterocycles. The van der Waals surface area contributed by atoms with Crippen molar-refractivity contribution in [3.63, 3.8) is 0 Å². The van der Waals surface area contributed by atoms with E-state index in [0.29, 0.717) is 11.4 Å². The summed E-state index contributed by atoms with van der Waals surface area (Å²) in [6, 6.07) is 3.63. The number of likely N-dealkylation sites (N-methyl/N-ethyl adjacent to an activating group) is 1. The fraction of sp³-hybridized carbons (Fsp3) is 0.308. The molecule has 0 spiro atoms. The number of carbonyl (C=O) groups excluding carboxylic acids is 1. The molecule has 0 aliphatic carbocycles. The van der Waals surface area contributed by atoms with Gasteiger partial charge in [0.2, 0.25) is 0 Å². The first-order valence-corrected chi connectivity index (χ1v) is 6.19. The zero-order valence-corrected chi connectivity index (χ0v) is 10.7. The van der Waals surface area contributed by atoms with Gasteiger partial charge in [0.1, 0.15) is 5.69 Å². The Morgan fingerprint density at radius 3 is 3.21 bits per heavy atom. The van der Waals surface area contributed by atoms with E-state index >= 15 is 0 Å². The van der Waals surface area contributed by atoms with Crippen molar-refractivity contribution >= 4 is 11.6 Å². The monoisotopic (exact) mass is 257 g/mol. The van der Waals surface area contributed by atoms with Gasteiger partial charge in [-0.05, 0) is 24.7 Å². The molecule has 6 heteroatoms. The minimum atomic E-state index is -0.205. The molecule has 2 aromatic rings. The number of hydrogen-bond donors (Lipinski definition) is 2. The van der Waals surface area contributed by atoms with E-state index in [9.17, 15) is 4.79 Å². The molecule has 0 atom stereocenters. The van der Waals surface area contributed by atoms with E-state index in [0.717, 1.165) is 25.2 Å². The first-order chi connectivity index (χ1) is 9.22. The molecule has 0 radical (unpaired) electrons. The summed E-state index contributed by atoms with van der Waals surface area (Å²) in [5.41, 5.74) is 3.46. The van der Waals surface area contributed by atoms with Crippen LogP contribution in [0.25, 0.3) is 0 Å². The van der Waals surface area contributed by atoms with Crippen LogP contribution in [0, 0.1) is 0 Å². The summed E-state index contributed by atoms with van der Waals surface area (Å²) in [6.07, 6.45) is 4.22. The van der Waals surface area contributed by atoms with Gasteiger partial charge in [0.25, 0.3) is 5.91 Å². The second-order valence-corrected chi connectivity index (χ2v) is 4.74. The number of nitrogens with one attached hydrogen (secondary N) is 2. The Morgan fingerprint density at radius 2 is 2.42 bits per heavy atom. The minimum absolute atomic E-state index is 0.205. The molecule has 2 N–H and O–H groups in total. The highest BCUT2D eigenvalue weighted by atomic mass is 16.1. The van der Waals surface area contributed by atoms with E-state index in [-0.39, 0.29) is 5.91 Å². The van der Waals surface area contributed by atoms with E-state index in [2.05, 4.69) is 32.4 Å². The lowest BCUT2D eigenvalue weighted by Crippen LogP contribution is -2.27. The Hall–Kier alpha value is -2.21. The average molecular weight is 257 g/mol. The van der Waals surface area contributed by atoms with Gasteiger partial charge in [-0.1, -0.05) is 0 Å². The second-order valence-electron chi connectivity index (χ2n) is 4.74. The van der Waals surface area contributed by atoms with Crippen molar-refractivity contribution in [2.75, 3.05) is 18.9 Å². The summed E-state index contributed by atoms with van der Waals surface area (Å²) >= 11 is 0. The third-order valence-corrected chi connectivity index (χ3v) is 3.23. The van der Waals surface area contributed by atoms with E-state index < -0.39 is 0 Å². The van der Waals surface area contributed by atoms with Gasteiger partial charge in [0.05, 0.1) is 11.9 Å². The Kier molecular flexibility index (Phi) is 3.00. The number of amides is 1. The lowest BCUT2D eigenvalue weighted by atomic mass is 10.1. The van der Waals surface area contributed by atoms with Crippen molar-refractivity contribution in [3.05, 3.63) is 41.5 Å². The van der Waals surface area contributed by atoms with Crippen LogP contribution in [0.2, 0.25) is 0 Å². The molecule has 1 aliphatic rings. The number of carbonyl (C=O) groups is 1. The van der Waals surface area contributed by atoms with Gasteiger partial charge < -0.3 is 10.2 Å². The fourth-order valence-electron chi connectivity index (χ4n) is 2.22. The Labute approximate surface area is 110 Å². The predicted octanol–water partition coefficient (Wildman–Crippen LogP) is 1.04. The van der Waals surface area contributed by atoms with Gasteiger partial charge in [0.15, 0.2) is 0 Å². The summed E-state index contributed by atoms with van der Waals surface area (Å²) in [4.78, 5) is 18.5. The molecule has 6 nitrogen and oxygen atoms in total. The molecule has 0 saturated carbocycles. The number of aromatic nitrogens is 3. The van der Waals surface area contributed by atoms with Gasteiger partial charge in [-0.3, -0.25) is 14.9 Å². The minimum Gasteiger partial charge on any atom is -0.319 e. The topological polar surface area (TPSA) is 73.9 Å². The maximum absolute atomic E-state index is 11.9. The first kappa shape index (κ1) is 11.9. The highest BCUT2D eigenvalue weighted by molar-refractivity contribution is 6.02. The van der Waals surface area contributed by atoms with Crippen LogP contribution in [-0.4, -0.2) is 39.6 Å². The van der Waals surface area contributed by atoms with Crippen LogP contribution < -0.4 is 5.32 Å². The second kappa shape index (κ2) is 4.81. The molecule has 3 heterocycles. The number of hydrogen-bond acceptors (Lipinski definition) is 4. The van der Waals surface area contributed by atoms with Crippen molar-refractivity contribution in [2.24, 2.45) is 0 Å². The van der Waals surface area contributed by atoms with E-state index in [4.69, 9.17) is 0 Å². The molecular formula is C13H15N5O. The van der Waals surface area contributed by atoms with Gasteiger partial charge in [-0.15, -0.1) is 0 Å². The third kappa shape index (κ3) is 2.48. The molecule has 1 amide bonds. The van der Waals surface area contributed by atoms with Gasteiger partial charge >= 0.3 is 0 Å². The average Bonchev–Trinajstić information content (AvgIpc) is 2.92. The molecule has 3 rings (SSSR count). The summed E-state index contributed by atoms with van der Waals surface area (Å²) < 4.78 is 0. The molecule has 1 aliphatic heterocycles. The molecule has 19 heavy (non-hydrogen) atoms. The van der Waals surface area contributed by atoms with Crippen molar-refractivity contribution in [1.82, 2.24) is 20.1 Å². The standard InChI is InChI=1S/C13H15N5O/c1-18-5-3-11-9(8-18)6-10(7-14-11)16-13(19)12-2-4-15-17-12/h2,4,6-7H,3,5,8H2,1H3,(H,15,17)(H,16,19). The van der Waals surface area contributed by atoms with Crippen molar-refractivity contribution < 1.29 is 4.79 Å². The number of nitrogens with zero attached hydrogens (tertiary/aromatic N) is 3. The summed E-state index contributed by atoms with van der Waals surface area (Å²) in [7, 11) is 2.08. The highest BCUT2D eigenvalue weighted by Crippen LogP contribution is 2.19. The van der Waals surface area contributed by atoms with Crippen LogP contribution >= 0.6 is 0 Å². The smallest absolute Gasteiger partial charge is 0.273 e. The van der Waals surface area contributed by atoms with Crippen LogP contribution in [-0.2, 0) is 13.0 Å². The van der Waals surface area contributed by atoms with Crippen LogP contribution in [0.5, 0.6) is 0 Å². The number of anilines is 1. The molecule has 0 bridgehead atoms. The first-order valence-electron chi connectivity index (χ1n) is 6.19. The molecule has 0 saturated heterocycles. The molecule has 0 aromatic carbocycles. The van der Waals surface area contributed by atoms with Crippen LogP contribution in [0.15, 0.2) is 24.5 Å². The van der Waals surface area contributed by atoms with Crippen LogP contribution in [0.4, 0.5) is 5.69 Å². The maximum atomic E-state index is 11.9. The summed E-state index contributed by atoms with van der Waals surface area (Å²) in [6.45, 7) is 1.90. The van der Waals surface area contributed by atoms with Crippen molar-refractivity contribution in [2.45, 2.75) is 13.0 Å². The summed E-state index contributed by atoms with van der Waals surface area (Å²) in [5, 5.41) is 9.21. The van der Waals surface area contributed by atoms with Gasteiger partial charge in [-0.25, -0.2) is 0 Å². The van der Waals surface area contributed by atoms with Crippen molar-refractivity contribution in [1.29, 1.82) is 0 Å². The Bertz CT molecular complexity index is 593. The number of H-pyrrole nitrogens is 1. The maximum Gasteiger partial charge on any atom is 0.273 e. The highest BCUT2D eigenvalue weighted by Gasteiger charge is 2.15. The SMILES string of the molecule is CN1CCc2ncc(NC(=O)c3ccn[nH]3)cc2C1. The zero-order chi connectivity index (χ0) is 13.2. The number of aromatic amines is 1. The number of fused-ring (bicyclic) bond motifs is 1. The molecule has 98 valence electrons. The molecule has 0 unspecified atom stereocenters. The quantitative estimate of drug-likeness (QED) is 0.843. The lowest BCUT2D eigenvalue weighted by molar-refractivity contribution is 0.102. The van der Waals surface area contributed by atoms with E-state index in [1.807, 2.05) is 6.07 Å². The zero-order valence-electron chi connectivity index (χ0n) is 10.7. The molecular weight excluding hydrogens is 242 g/mol. The van der Waals surface area contributed by atoms with E-state index in [1.54, 1.807) is 18.5 Å². The predicted molar refractivity (Wildman–Crippen MR) is 70.8 cm³/mol. The molecule has 0 fully saturated rings. The lowest BCUT2D eigenvalue weighted by Gasteiger charge is -2.24. The Morgan fingerprint density at radius 1 is 1.53 bits per heavy atom. The van der Waals surface area contributed by atoms with Gasteiger partial charge in [-0.2, -0.15) is 5.10 Å². The van der Waals surface area contributed by atoms with Crippen LogP contribution in [0.3, 0.4) is 0 Å². The number of rotatable bonds is 2. The summed E-state index contributed by atoms with van der Waals surface area (Å²) in [5.74, 6) is -0.205. The van der Waals surface area contributed by atoms with E-state index in [1.165, 1.54) is 5.56 Å². The van der Waals surface area contributed by atoms with Gasteiger partial charge in [0, 0.05) is 31.4 Å². The largest absolute Gasteiger partial charge is 0.319 e. The van der Waals surface area contributed by atoms with Crippen LogP contribution in [0.1, 0.15) is 21.7 Å². The van der Waals surface area contributed by atoms with Crippen molar-refractivity contribution in [3.8, 4) is 0 Å². The number of pyridine rings is 1. The normalized spacial score (nSPS) is 15.0. The fourth-order valence-corrected chi connectivity index (χ4v) is 2.22. The Balaban J connectivity index is 1.79.